The lowest BCUT2D eigenvalue weighted by Crippen LogP contribution is -2.09. The molecule has 0 saturated heterocycles. The molecule has 0 saturated carbocycles. The highest BCUT2D eigenvalue weighted by atomic mass is 35.5. The minimum Gasteiger partial charge on any atom is -0.493 e. The molecule has 0 aliphatic heterocycles. The molecule has 0 bridgehead atoms. The number of H-pyrrole nitrogens is 1. The number of thioether (sulfide) groups is 1. The fourth-order valence-electron chi connectivity index (χ4n) is 1.83. The fraction of sp³-hybridized carbons (Fsp3) is 0.333. The first-order chi connectivity index (χ1) is 10.1. The second-order valence-electron chi connectivity index (χ2n) is 4.50. The zero-order valence-electron chi connectivity index (χ0n) is 12.0. The molecule has 2 aromatic rings. The van der Waals surface area contributed by atoms with Crippen LogP contribution in [0, 0.1) is 6.92 Å². The van der Waals surface area contributed by atoms with Crippen molar-refractivity contribution in [1.82, 2.24) is 9.97 Å². The number of aromatic amines is 1. The highest BCUT2D eigenvalue weighted by Crippen LogP contribution is 2.22. The smallest absolute Gasteiger partial charge is 0.251 e. The molecule has 0 atom stereocenters. The molecular formula is C15H17ClN2O2S. The molecule has 1 aromatic carbocycles. The first-order valence-corrected chi connectivity index (χ1v) is 8.07. The molecule has 112 valence electrons. The molecule has 0 amide bonds. The van der Waals surface area contributed by atoms with Gasteiger partial charge in [-0.2, -0.15) is 0 Å². The Bertz CT molecular complexity index is 673. The van der Waals surface area contributed by atoms with E-state index in [1.54, 1.807) is 6.92 Å². The van der Waals surface area contributed by atoms with E-state index in [1.807, 2.05) is 18.2 Å². The number of aromatic nitrogens is 2. The molecule has 1 aromatic heterocycles. The van der Waals surface area contributed by atoms with E-state index in [0.717, 1.165) is 22.8 Å². The molecule has 4 nitrogen and oxygen atoms in total. The lowest BCUT2D eigenvalue weighted by molar-refractivity contribution is 0.343. The van der Waals surface area contributed by atoms with Gasteiger partial charge in [-0.1, -0.05) is 30.3 Å². The maximum absolute atomic E-state index is 11.3. The maximum Gasteiger partial charge on any atom is 0.251 e. The number of nitrogens with zero attached hydrogens (tertiary/aromatic N) is 1. The fourth-order valence-corrected chi connectivity index (χ4v) is 2.82. The Labute approximate surface area is 132 Å². The monoisotopic (exact) mass is 324 g/mol. The van der Waals surface area contributed by atoms with Gasteiger partial charge < -0.3 is 9.72 Å². The van der Waals surface area contributed by atoms with Crippen LogP contribution in [-0.2, 0) is 6.42 Å². The summed E-state index contributed by atoms with van der Waals surface area (Å²) in [5.41, 5.74) is 1.66. The topological polar surface area (TPSA) is 55.0 Å². The van der Waals surface area contributed by atoms with Gasteiger partial charge in [-0.05, 0) is 37.1 Å². The second kappa shape index (κ2) is 7.52. The lowest BCUT2D eigenvalue weighted by atomic mass is 10.1. The van der Waals surface area contributed by atoms with Gasteiger partial charge >= 0.3 is 0 Å². The van der Waals surface area contributed by atoms with Gasteiger partial charge in [-0.3, -0.25) is 4.79 Å². The van der Waals surface area contributed by atoms with E-state index in [4.69, 9.17) is 16.3 Å². The summed E-state index contributed by atoms with van der Waals surface area (Å²) in [5, 5.41) is 1.38. The lowest BCUT2D eigenvalue weighted by Gasteiger charge is -2.08. The number of aryl methyl sites for hydroxylation is 2. The summed E-state index contributed by atoms with van der Waals surface area (Å²) >= 11 is 7.53. The van der Waals surface area contributed by atoms with Gasteiger partial charge in [-0.15, -0.1) is 0 Å². The van der Waals surface area contributed by atoms with E-state index in [9.17, 15) is 4.79 Å². The molecule has 0 unspecified atom stereocenters. The number of halogens is 1. The molecule has 1 heterocycles. The van der Waals surface area contributed by atoms with Gasteiger partial charge in [0.05, 0.1) is 6.61 Å². The minimum absolute atomic E-state index is 0.129. The Morgan fingerprint density at radius 3 is 2.90 bits per heavy atom. The minimum atomic E-state index is -0.129. The van der Waals surface area contributed by atoms with E-state index >= 15 is 0 Å². The van der Waals surface area contributed by atoms with Gasteiger partial charge in [0.2, 0.25) is 0 Å². The molecule has 0 radical (unpaired) electrons. The summed E-state index contributed by atoms with van der Waals surface area (Å²) < 4.78 is 5.69. The summed E-state index contributed by atoms with van der Waals surface area (Å²) in [5.74, 6) is 1.51. The van der Waals surface area contributed by atoms with Crippen molar-refractivity contribution in [2.24, 2.45) is 0 Å². The zero-order valence-corrected chi connectivity index (χ0v) is 13.6. The van der Waals surface area contributed by atoms with Gasteiger partial charge in [-0.25, -0.2) is 4.98 Å². The van der Waals surface area contributed by atoms with Crippen LogP contribution in [0.1, 0.15) is 18.2 Å². The zero-order chi connectivity index (χ0) is 15.2. The van der Waals surface area contributed by atoms with Gasteiger partial charge in [0.25, 0.3) is 5.56 Å². The first-order valence-electron chi connectivity index (χ1n) is 6.70. The van der Waals surface area contributed by atoms with Crippen molar-refractivity contribution >= 4 is 23.4 Å². The summed E-state index contributed by atoms with van der Waals surface area (Å²) in [4.78, 5) is 18.3. The molecule has 2 rings (SSSR count). The van der Waals surface area contributed by atoms with Gasteiger partial charge in [0.15, 0.2) is 5.16 Å². The van der Waals surface area contributed by atoms with Crippen molar-refractivity contribution in [3.8, 4) is 5.75 Å². The van der Waals surface area contributed by atoms with Crippen LogP contribution < -0.4 is 10.3 Å². The molecule has 0 aliphatic carbocycles. The van der Waals surface area contributed by atoms with Crippen molar-refractivity contribution in [2.75, 3.05) is 12.4 Å². The Morgan fingerprint density at radius 1 is 1.38 bits per heavy atom. The van der Waals surface area contributed by atoms with Crippen molar-refractivity contribution < 1.29 is 4.74 Å². The molecule has 0 spiro atoms. The normalized spacial score (nSPS) is 10.6. The van der Waals surface area contributed by atoms with Crippen LogP contribution in [0.4, 0.5) is 0 Å². The third-order valence-corrected chi connectivity index (χ3v) is 4.04. The summed E-state index contributed by atoms with van der Waals surface area (Å²) in [7, 11) is 0. The van der Waals surface area contributed by atoms with Crippen molar-refractivity contribution in [2.45, 2.75) is 25.4 Å². The Balaban J connectivity index is 1.86. The van der Waals surface area contributed by atoms with Crippen LogP contribution in [0.25, 0.3) is 0 Å². The van der Waals surface area contributed by atoms with Crippen LogP contribution in [0.5, 0.6) is 5.75 Å². The first kappa shape index (κ1) is 15.9. The van der Waals surface area contributed by atoms with Crippen LogP contribution in [0.15, 0.2) is 34.2 Å². The van der Waals surface area contributed by atoms with E-state index in [2.05, 4.69) is 16.9 Å². The number of hydrogen-bond acceptors (Lipinski definition) is 4. The number of hydrogen-bond donors (Lipinski definition) is 1. The molecular weight excluding hydrogens is 308 g/mol. The predicted octanol–water partition coefficient (Wildman–Crippen LogP) is 3.47. The average Bonchev–Trinajstić information content (AvgIpc) is 2.44. The van der Waals surface area contributed by atoms with Crippen LogP contribution in [0.3, 0.4) is 0 Å². The quantitative estimate of drug-likeness (QED) is 0.502. The van der Waals surface area contributed by atoms with Crippen LogP contribution in [0.2, 0.25) is 5.02 Å². The van der Waals surface area contributed by atoms with Gasteiger partial charge in [0.1, 0.15) is 5.75 Å². The predicted molar refractivity (Wildman–Crippen MR) is 86.6 cm³/mol. The molecule has 0 fully saturated rings. The van der Waals surface area contributed by atoms with Crippen molar-refractivity contribution in [1.29, 1.82) is 0 Å². The summed E-state index contributed by atoms with van der Waals surface area (Å²) in [6.45, 7) is 4.39. The van der Waals surface area contributed by atoms with E-state index in [0.29, 0.717) is 23.2 Å². The Kier molecular flexibility index (Phi) is 5.70. The average molecular weight is 325 g/mol. The Morgan fingerprint density at radius 2 is 2.19 bits per heavy atom. The number of rotatable bonds is 6. The SMILES string of the molecule is CCc1cc(OCCSc2nc(C)cc(=O)[nH]2)ccc1Cl. The second-order valence-corrected chi connectivity index (χ2v) is 5.99. The summed E-state index contributed by atoms with van der Waals surface area (Å²) in [6, 6.07) is 7.14. The molecule has 6 heteroatoms. The van der Waals surface area contributed by atoms with E-state index in [1.165, 1.54) is 17.8 Å². The van der Waals surface area contributed by atoms with E-state index < -0.39 is 0 Å². The highest BCUT2D eigenvalue weighted by Gasteiger charge is 2.02. The molecule has 0 aliphatic rings. The highest BCUT2D eigenvalue weighted by molar-refractivity contribution is 7.99. The largest absolute Gasteiger partial charge is 0.493 e. The number of ether oxygens (including phenoxy) is 1. The number of nitrogens with one attached hydrogen (secondary N) is 1. The third-order valence-electron chi connectivity index (χ3n) is 2.84. The number of benzene rings is 1. The van der Waals surface area contributed by atoms with Crippen molar-refractivity contribution in [3.63, 3.8) is 0 Å². The maximum atomic E-state index is 11.3. The summed E-state index contributed by atoms with van der Waals surface area (Å²) in [6.07, 6.45) is 0.874. The third kappa shape index (κ3) is 4.79. The van der Waals surface area contributed by atoms with Crippen LogP contribution >= 0.6 is 23.4 Å². The Hall–Kier alpha value is -1.46. The standard InChI is InChI=1S/C15H17ClN2O2S/c1-3-11-9-12(4-5-13(11)16)20-6-7-21-15-17-10(2)8-14(19)18-15/h4-5,8-9H,3,6-7H2,1-2H3,(H,17,18,19). The van der Waals surface area contributed by atoms with E-state index in [-0.39, 0.29) is 5.56 Å². The molecule has 1 N–H and O–H groups in total. The van der Waals surface area contributed by atoms with Gasteiger partial charge in [0, 0.05) is 22.5 Å². The van der Waals surface area contributed by atoms with Crippen LogP contribution in [-0.4, -0.2) is 22.3 Å². The molecule has 21 heavy (non-hydrogen) atoms. The van der Waals surface area contributed by atoms with Crippen molar-refractivity contribution in [3.05, 3.63) is 50.9 Å².